The van der Waals surface area contributed by atoms with Gasteiger partial charge >= 0.3 is 0 Å². The number of halogens is 1. The molecule has 1 amide bonds. The van der Waals surface area contributed by atoms with E-state index in [2.05, 4.69) is 20.4 Å². The van der Waals surface area contributed by atoms with Crippen molar-refractivity contribution < 1.29 is 4.79 Å². The number of rotatable bonds is 4. The molecular formula is C19H20ClN5O. The second-order valence-electron chi connectivity index (χ2n) is 6.56. The fourth-order valence-electron chi connectivity index (χ4n) is 3.37. The van der Waals surface area contributed by atoms with E-state index in [9.17, 15) is 4.79 Å². The largest absolute Gasteiger partial charge is 0.352 e. The van der Waals surface area contributed by atoms with Crippen molar-refractivity contribution in [2.45, 2.75) is 19.4 Å². The van der Waals surface area contributed by atoms with Crippen molar-refractivity contribution in [3.8, 4) is 0 Å². The van der Waals surface area contributed by atoms with Crippen LogP contribution in [0, 0.1) is 5.92 Å². The Kier molecular flexibility index (Phi) is 4.75. The maximum atomic E-state index is 12.6. The molecule has 1 saturated heterocycles. The first kappa shape index (κ1) is 16.8. The first-order valence-corrected chi connectivity index (χ1v) is 9.15. The second kappa shape index (κ2) is 7.33. The monoisotopic (exact) mass is 369 g/mol. The molecule has 1 atom stereocenters. The molecule has 4 rings (SSSR count). The highest BCUT2D eigenvalue weighted by Crippen LogP contribution is 2.23. The maximum absolute atomic E-state index is 12.6. The van der Waals surface area contributed by atoms with Crippen molar-refractivity contribution >= 4 is 29.1 Å². The lowest BCUT2D eigenvalue weighted by molar-refractivity contribution is -0.125. The van der Waals surface area contributed by atoms with Crippen LogP contribution in [-0.2, 0) is 11.3 Å². The molecule has 6 nitrogen and oxygen atoms in total. The number of fused-ring (bicyclic) bond motifs is 1. The summed E-state index contributed by atoms with van der Waals surface area (Å²) in [5.74, 6) is 0.771. The quantitative estimate of drug-likeness (QED) is 0.768. The van der Waals surface area contributed by atoms with Gasteiger partial charge in [0.1, 0.15) is 0 Å². The molecule has 3 heterocycles. The van der Waals surface area contributed by atoms with Crippen LogP contribution in [0.2, 0.25) is 5.02 Å². The van der Waals surface area contributed by atoms with E-state index in [4.69, 9.17) is 11.6 Å². The molecule has 134 valence electrons. The fourth-order valence-corrected chi connectivity index (χ4v) is 3.53. The average Bonchev–Trinajstić information content (AvgIpc) is 3.10. The van der Waals surface area contributed by atoms with Crippen molar-refractivity contribution in [1.82, 2.24) is 19.9 Å². The van der Waals surface area contributed by atoms with Crippen molar-refractivity contribution in [2.75, 3.05) is 18.0 Å². The van der Waals surface area contributed by atoms with E-state index >= 15 is 0 Å². The molecular weight excluding hydrogens is 350 g/mol. The Morgan fingerprint density at radius 2 is 2.04 bits per heavy atom. The number of nitrogens with one attached hydrogen (secondary N) is 1. The molecule has 1 aliphatic heterocycles. The number of benzene rings is 1. The van der Waals surface area contributed by atoms with Crippen LogP contribution in [0.15, 0.2) is 48.7 Å². The van der Waals surface area contributed by atoms with Crippen molar-refractivity contribution in [2.24, 2.45) is 5.92 Å². The molecule has 0 radical (unpaired) electrons. The van der Waals surface area contributed by atoms with Gasteiger partial charge in [-0.3, -0.25) is 9.20 Å². The van der Waals surface area contributed by atoms with E-state index in [1.54, 1.807) is 6.07 Å². The lowest BCUT2D eigenvalue weighted by Crippen LogP contribution is -2.43. The smallest absolute Gasteiger partial charge is 0.231 e. The minimum atomic E-state index is -0.0565. The third-order valence-corrected chi connectivity index (χ3v) is 4.96. The molecule has 1 fully saturated rings. The van der Waals surface area contributed by atoms with E-state index in [-0.39, 0.29) is 11.8 Å². The van der Waals surface area contributed by atoms with Gasteiger partial charge in [-0.15, -0.1) is 10.2 Å². The summed E-state index contributed by atoms with van der Waals surface area (Å²) in [4.78, 5) is 14.7. The first-order valence-electron chi connectivity index (χ1n) is 8.77. The zero-order valence-electron chi connectivity index (χ0n) is 14.3. The molecule has 0 aliphatic carbocycles. The number of pyridine rings is 1. The molecule has 2 aromatic heterocycles. The van der Waals surface area contributed by atoms with E-state index in [0.717, 1.165) is 36.5 Å². The molecule has 1 N–H and O–H groups in total. The minimum absolute atomic E-state index is 0.0565. The Labute approximate surface area is 156 Å². The molecule has 0 unspecified atom stereocenters. The van der Waals surface area contributed by atoms with Crippen molar-refractivity contribution in [3.05, 3.63) is 59.2 Å². The highest BCUT2D eigenvalue weighted by molar-refractivity contribution is 6.30. The number of carbonyl (C=O) groups is 1. The first-order chi connectivity index (χ1) is 12.7. The van der Waals surface area contributed by atoms with Crippen LogP contribution in [0.5, 0.6) is 0 Å². The second-order valence-corrected chi connectivity index (χ2v) is 7.00. The fraction of sp³-hybridized carbons (Fsp3) is 0.316. The Bertz CT molecular complexity index is 911. The van der Waals surface area contributed by atoms with Crippen molar-refractivity contribution in [1.29, 1.82) is 0 Å². The normalized spacial score (nSPS) is 17.4. The number of anilines is 1. The van der Waals surface area contributed by atoms with Gasteiger partial charge < -0.3 is 10.2 Å². The number of hydrogen-bond donors (Lipinski definition) is 1. The number of aromatic nitrogens is 3. The SMILES string of the molecule is O=C(NCc1ccccc1)[C@H]1CCCN(c2nnc3ccc(Cl)cn23)C1. The third-order valence-electron chi connectivity index (χ3n) is 4.73. The lowest BCUT2D eigenvalue weighted by Gasteiger charge is -2.32. The van der Waals surface area contributed by atoms with Crippen LogP contribution < -0.4 is 10.2 Å². The summed E-state index contributed by atoms with van der Waals surface area (Å²) in [6.07, 6.45) is 3.64. The maximum Gasteiger partial charge on any atom is 0.231 e. The number of hydrogen-bond acceptors (Lipinski definition) is 4. The topological polar surface area (TPSA) is 62.5 Å². The summed E-state index contributed by atoms with van der Waals surface area (Å²) in [5, 5.41) is 12.2. The zero-order valence-corrected chi connectivity index (χ0v) is 15.1. The summed E-state index contributed by atoms with van der Waals surface area (Å²) >= 11 is 6.11. The molecule has 1 aliphatic rings. The van der Waals surface area contributed by atoms with Gasteiger partial charge in [0, 0.05) is 25.8 Å². The Morgan fingerprint density at radius 3 is 2.88 bits per heavy atom. The highest BCUT2D eigenvalue weighted by Gasteiger charge is 2.28. The van der Waals surface area contributed by atoms with E-state index in [1.807, 2.05) is 47.0 Å². The predicted molar refractivity (Wildman–Crippen MR) is 101 cm³/mol. The summed E-state index contributed by atoms with van der Waals surface area (Å²) in [6, 6.07) is 13.6. The molecule has 1 aromatic carbocycles. The minimum Gasteiger partial charge on any atom is -0.352 e. The van der Waals surface area contributed by atoms with Crippen molar-refractivity contribution in [3.63, 3.8) is 0 Å². The van der Waals surface area contributed by atoms with Crippen LogP contribution >= 0.6 is 11.6 Å². The van der Waals surface area contributed by atoms with E-state index in [1.165, 1.54) is 0 Å². The van der Waals surface area contributed by atoms with Crippen LogP contribution in [0.25, 0.3) is 5.65 Å². The molecule has 0 bridgehead atoms. The van der Waals surface area contributed by atoms with E-state index < -0.39 is 0 Å². The number of nitrogens with zero attached hydrogens (tertiary/aromatic N) is 4. The summed E-state index contributed by atoms with van der Waals surface area (Å²) in [5.41, 5.74) is 1.85. The Hall–Kier alpha value is -2.60. The standard InChI is InChI=1S/C19H20ClN5O/c20-16-8-9-17-22-23-19(25(17)13-16)24-10-4-7-15(12-24)18(26)21-11-14-5-2-1-3-6-14/h1-3,5-6,8-9,13,15H,4,7,10-12H2,(H,21,26)/t15-/m0/s1. The van der Waals surface area contributed by atoms with Crippen LogP contribution in [0.1, 0.15) is 18.4 Å². The Morgan fingerprint density at radius 1 is 1.19 bits per heavy atom. The highest BCUT2D eigenvalue weighted by atomic mass is 35.5. The number of amides is 1. The molecule has 7 heteroatoms. The van der Waals surface area contributed by atoms with Gasteiger partial charge in [0.2, 0.25) is 11.9 Å². The van der Waals surface area contributed by atoms with Crippen LogP contribution in [0.4, 0.5) is 5.95 Å². The zero-order chi connectivity index (χ0) is 17.9. The summed E-state index contributed by atoms with van der Waals surface area (Å²) in [6.45, 7) is 2.04. The van der Waals surface area contributed by atoms with Gasteiger partial charge in [-0.1, -0.05) is 41.9 Å². The summed E-state index contributed by atoms with van der Waals surface area (Å²) in [7, 11) is 0. The molecule has 3 aromatic rings. The molecule has 0 saturated carbocycles. The third kappa shape index (κ3) is 3.51. The van der Waals surface area contributed by atoms with Gasteiger partial charge in [0.15, 0.2) is 5.65 Å². The van der Waals surface area contributed by atoms with Gasteiger partial charge in [-0.25, -0.2) is 0 Å². The van der Waals surface area contributed by atoms with Crippen LogP contribution in [0.3, 0.4) is 0 Å². The van der Waals surface area contributed by atoms with Gasteiger partial charge in [-0.2, -0.15) is 0 Å². The number of piperidine rings is 1. The van der Waals surface area contributed by atoms with Gasteiger partial charge in [0.25, 0.3) is 0 Å². The summed E-state index contributed by atoms with van der Waals surface area (Å²) < 4.78 is 1.88. The lowest BCUT2D eigenvalue weighted by atomic mass is 9.97. The average molecular weight is 370 g/mol. The Balaban J connectivity index is 1.45. The molecule has 26 heavy (non-hydrogen) atoms. The number of carbonyl (C=O) groups excluding carboxylic acids is 1. The predicted octanol–water partition coefficient (Wildman–Crippen LogP) is 2.92. The molecule has 0 spiro atoms. The van der Waals surface area contributed by atoms with E-state index in [0.29, 0.717) is 18.1 Å². The van der Waals surface area contributed by atoms with Gasteiger partial charge in [0.05, 0.1) is 10.9 Å². The van der Waals surface area contributed by atoms with Gasteiger partial charge in [-0.05, 0) is 30.5 Å². The van der Waals surface area contributed by atoms with Crippen LogP contribution in [-0.4, -0.2) is 33.6 Å².